The fourth-order valence-corrected chi connectivity index (χ4v) is 5.25. The van der Waals surface area contributed by atoms with E-state index in [1.165, 1.54) is 38.2 Å². The second-order valence-corrected chi connectivity index (χ2v) is 8.69. The number of benzene rings is 1. The maximum atomic E-state index is 13.1. The number of amides is 2. The summed E-state index contributed by atoms with van der Waals surface area (Å²) in [6, 6.07) is 8.64. The molecular formula is C23H31N3O2. The molecule has 2 aliphatic heterocycles. The highest BCUT2D eigenvalue weighted by Crippen LogP contribution is 2.40. The van der Waals surface area contributed by atoms with Crippen molar-refractivity contribution in [1.29, 1.82) is 0 Å². The lowest BCUT2D eigenvalue weighted by molar-refractivity contribution is -0.115. The van der Waals surface area contributed by atoms with Crippen LogP contribution in [0.3, 0.4) is 0 Å². The Morgan fingerprint density at radius 1 is 1.04 bits per heavy atom. The average molecular weight is 382 g/mol. The second-order valence-electron chi connectivity index (χ2n) is 8.69. The predicted molar refractivity (Wildman–Crippen MR) is 112 cm³/mol. The Morgan fingerprint density at radius 2 is 1.79 bits per heavy atom. The Bertz CT molecular complexity index is 780. The lowest BCUT2D eigenvalue weighted by Crippen LogP contribution is -2.49. The number of fused-ring (bicyclic) bond motifs is 1. The predicted octanol–water partition coefficient (Wildman–Crippen LogP) is 3.34. The molecule has 5 nitrogen and oxygen atoms in total. The highest BCUT2D eigenvalue weighted by atomic mass is 16.2. The largest absolute Gasteiger partial charge is 0.366 e. The summed E-state index contributed by atoms with van der Waals surface area (Å²) >= 11 is 0. The highest BCUT2D eigenvalue weighted by molar-refractivity contribution is 6.35. The first-order valence-electron chi connectivity index (χ1n) is 10.7. The van der Waals surface area contributed by atoms with E-state index in [1.807, 2.05) is 29.2 Å². The van der Waals surface area contributed by atoms with Crippen LogP contribution in [-0.2, 0) is 9.59 Å². The maximum Gasteiger partial charge on any atom is 0.259 e. The first-order chi connectivity index (χ1) is 13.5. The van der Waals surface area contributed by atoms with Crippen LogP contribution >= 0.6 is 0 Å². The summed E-state index contributed by atoms with van der Waals surface area (Å²) in [5.41, 5.74) is 7.52. The molecule has 3 aliphatic rings. The number of carbonyl (C=O) groups excluding carboxylic acids is 2. The first-order valence-corrected chi connectivity index (χ1v) is 10.7. The van der Waals surface area contributed by atoms with Crippen LogP contribution < -0.4 is 10.6 Å². The minimum Gasteiger partial charge on any atom is -0.366 e. The average Bonchev–Trinajstić information content (AvgIpc) is 2.82. The number of anilines is 1. The molecule has 2 N–H and O–H groups in total. The molecule has 4 rings (SSSR count). The number of hydrogen-bond acceptors (Lipinski definition) is 3. The van der Waals surface area contributed by atoms with Gasteiger partial charge in [0.1, 0.15) is 0 Å². The van der Waals surface area contributed by atoms with Crippen LogP contribution in [0.2, 0.25) is 0 Å². The number of nitrogens with two attached hydrogens (primary N) is 1. The van der Waals surface area contributed by atoms with Crippen molar-refractivity contribution in [3.05, 3.63) is 35.9 Å². The normalized spacial score (nSPS) is 28.4. The summed E-state index contributed by atoms with van der Waals surface area (Å²) in [7, 11) is 0. The van der Waals surface area contributed by atoms with Crippen LogP contribution in [0.15, 0.2) is 30.3 Å². The highest BCUT2D eigenvalue weighted by Gasteiger charge is 2.39. The van der Waals surface area contributed by atoms with E-state index in [-0.39, 0.29) is 11.9 Å². The number of primary amides is 1. The fourth-order valence-electron chi connectivity index (χ4n) is 5.25. The van der Waals surface area contributed by atoms with Crippen molar-refractivity contribution in [2.45, 2.75) is 64.0 Å². The SMILES string of the molecule is CC1CCCC(N2CCC(N3C(=O)/C(=C\C(N)=O)c4ccccc43)CC2)CC1. The van der Waals surface area contributed by atoms with Crippen molar-refractivity contribution >= 4 is 23.1 Å². The molecule has 1 saturated heterocycles. The molecule has 1 aliphatic carbocycles. The molecule has 1 aromatic carbocycles. The lowest BCUT2D eigenvalue weighted by Gasteiger charge is -2.40. The van der Waals surface area contributed by atoms with Gasteiger partial charge in [0.25, 0.3) is 5.91 Å². The van der Waals surface area contributed by atoms with Crippen molar-refractivity contribution < 1.29 is 9.59 Å². The third-order valence-electron chi connectivity index (χ3n) is 6.80. The number of piperidine rings is 1. The van der Waals surface area contributed by atoms with Gasteiger partial charge in [-0.15, -0.1) is 0 Å². The molecular weight excluding hydrogens is 350 g/mol. The number of rotatable bonds is 3. The van der Waals surface area contributed by atoms with Gasteiger partial charge in [-0.3, -0.25) is 9.59 Å². The number of likely N-dealkylation sites (tertiary alicyclic amines) is 1. The van der Waals surface area contributed by atoms with Crippen LogP contribution in [0.1, 0.15) is 57.4 Å². The van der Waals surface area contributed by atoms with Crippen LogP contribution in [0.4, 0.5) is 5.69 Å². The van der Waals surface area contributed by atoms with Gasteiger partial charge in [0.2, 0.25) is 5.91 Å². The van der Waals surface area contributed by atoms with Gasteiger partial charge in [-0.1, -0.05) is 38.0 Å². The zero-order valence-electron chi connectivity index (χ0n) is 16.8. The van der Waals surface area contributed by atoms with Crippen LogP contribution in [0, 0.1) is 5.92 Å². The first kappa shape index (κ1) is 19.2. The van der Waals surface area contributed by atoms with Crippen molar-refractivity contribution in [1.82, 2.24) is 4.90 Å². The maximum absolute atomic E-state index is 13.1. The smallest absolute Gasteiger partial charge is 0.259 e. The van der Waals surface area contributed by atoms with E-state index >= 15 is 0 Å². The number of para-hydroxylation sites is 1. The summed E-state index contributed by atoms with van der Waals surface area (Å²) in [6.07, 6.45) is 9.90. The Hall–Kier alpha value is -2.14. The summed E-state index contributed by atoms with van der Waals surface area (Å²) in [6.45, 7) is 4.47. The van der Waals surface area contributed by atoms with Gasteiger partial charge in [-0.2, -0.15) is 0 Å². The zero-order valence-corrected chi connectivity index (χ0v) is 16.8. The van der Waals surface area contributed by atoms with Gasteiger partial charge in [0.15, 0.2) is 0 Å². The number of carbonyl (C=O) groups is 2. The van der Waals surface area contributed by atoms with Crippen molar-refractivity contribution in [2.75, 3.05) is 18.0 Å². The molecule has 2 amide bonds. The Balaban J connectivity index is 1.47. The van der Waals surface area contributed by atoms with E-state index in [9.17, 15) is 9.59 Å². The zero-order chi connectivity index (χ0) is 19.7. The lowest BCUT2D eigenvalue weighted by atomic mass is 9.98. The van der Waals surface area contributed by atoms with Crippen LogP contribution in [0.25, 0.3) is 5.57 Å². The number of nitrogens with zero attached hydrogens (tertiary/aromatic N) is 2. The van der Waals surface area contributed by atoms with E-state index in [1.54, 1.807) is 0 Å². The quantitative estimate of drug-likeness (QED) is 0.645. The molecule has 1 saturated carbocycles. The van der Waals surface area contributed by atoms with Gasteiger partial charge >= 0.3 is 0 Å². The van der Waals surface area contributed by atoms with Crippen molar-refractivity contribution in [2.24, 2.45) is 11.7 Å². The Kier molecular flexibility index (Phi) is 5.54. The summed E-state index contributed by atoms with van der Waals surface area (Å²) < 4.78 is 0. The molecule has 2 heterocycles. The summed E-state index contributed by atoms with van der Waals surface area (Å²) in [5.74, 6) is 0.205. The Labute approximate surface area is 167 Å². The van der Waals surface area contributed by atoms with Gasteiger partial charge < -0.3 is 15.5 Å². The standard InChI is InChI=1S/C23H31N3O2/c1-16-5-4-6-17(10-9-16)25-13-11-18(12-14-25)26-21-8-3-2-7-19(21)20(23(26)28)15-22(24)27/h2-3,7-8,15-18H,4-6,9-14H2,1H3,(H2,24,27)/b20-15-. The molecule has 2 fully saturated rings. The molecule has 2 unspecified atom stereocenters. The van der Waals surface area contributed by atoms with E-state index in [4.69, 9.17) is 5.73 Å². The van der Waals surface area contributed by atoms with E-state index < -0.39 is 5.91 Å². The molecule has 5 heteroatoms. The van der Waals surface area contributed by atoms with Crippen molar-refractivity contribution in [3.8, 4) is 0 Å². The second kappa shape index (κ2) is 8.08. The molecule has 1 aromatic rings. The van der Waals surface area contributed by atoms with E-state index in [0.29, 0.717) is 11.6 Å². The number of hydrogen-bond donors (Lipinski definition) is 1. The topological polar surface area (TPSA) is 66.6 Å². The fraction of sp³-hybridized carbons (Fsp3) is 0.565. The third kappa shape index (κ3) is 3.72. The molecule has 0 bridgehead atoms. The summed E-state index contributed by atoms with van der Waals surface area (Å²) in [4.78, 5) is 29.1. The minimum absolute atomic E-state index is 0.0817. The molecule has 0 spiro atoms. The van der Waals surface area contributed by atoms with Gasteiger partial charge in [-0.05, 0) is 44.1 Å². The monoisotopic (exact) mass is 381 g/mol. The van der Waals surface area contributed by atoms with E-state index in [0.717, 1.165) is 43.1 Å². The Morgan fingerprint density at radius 3 is 2.54 bits per heavy atom. The summed E-state index contributed by atoms with van der Waals surface area (Å²) in [5, 5.41) is 0. The minimum atomic E-state index is -0.572. The van der Waals surface area contributed by atoms with Gasteiger partial charge in [-0.25, -0.2) is 0 Å². The van der Waals surface area contributed by atoms with Crippen molar-refractivity contribution in [3.63, 3.8) is 0 Å². The molecule has 0 aromatic heterocycles. The molecule has 2 atom stereocenters. The molecule has 0 radical (unpaired) electrons. The van der Waals surface area contributed by atoms with Crippen LogP contribution in [-0.4, -0.2) is 41.9 Å². The van der Waals surface area contributed by atoms with E-state index in [2.05, 4.69) is 11.8 Å². The van der Waals surface area contributed by atoms with Crippen LogP contribution in [0.5, 0.6) is 0 Å². The van der Waals surface area contributed by atoms with Gasteiger partial charge in [0.05, 0.1) is 11.3 Å². The molecule has 28 heavy (non-hydrogen) atoms. The van der Waals surface area contributed by atoms with Gasteiger partial charge in [0, 0.05) is 36.8 Å². The third-order valence-corrected chi connectivity index (χ3v) is 6.80. The molecule has 150 valence electrons.